The Bertz CT molecular complexity index is 1160. The zero-order valence-electron chi connectivity index (χ0n) is 22.1. The van der Waals surface area contributed by atoms with Crippen molar-refractivity contribution in [2.45, 2.75) is 71.6 Å². The van der Waals surface area contributed by atoms with Gasteiger partial charge in [0.25, 0.3) is 0 Å². The minimum absolute atomic E-state index is 0.131. The first kappa shape index (κ1) is 27.1. The Morgan fingerprint density at radius 1 is 1.08 bits per heavy atom. The molecular weight excluding hydrogens is 459 g/mol. The van der Waals surface area contributed by atoms with Crippen LogP contribution in [0.4, 0.5) is 15.4 Å². The fraction of sp³-hybridized carbons (Fsp3) is 0.520. The number of ether oxygens (including phenoxy) is 2. The average Bonchev–Trinajstić information content (AvgIpc) is 2.75. The average molecular weight is 494 g/mol. The van der Waals surface area contributed by atoms with Gasteiger partial charge in [0.2, 0.25) is 0 Å². The Labute approximate surface area is 213 Å². The number of carbonyl (C=O) groups is 2. The molecule has 0 aliphatic carbocycles. The van der Waals surface area contributed by atoms with Crippen molar-refractivity contribution in [2.24, 2.45) is 10.8 Å². The highest BCUT2D eigenvalue weighted by Gasteiger charge is 2.42. The second-order valence-corrected chi connectivity index (χ2v) is 10.8. The fourth-order valence-electron chi connectivity index (χ4n) is 3.73. The lowest BCUT2D eigenvalue weighted by atomic mass is 9.95. The van der Waals surface area contributed by atoms with Gasteiger partial charge < -0.3 is 15.2 Å². The molecular formula is C25H35BN6O4. The normalized spacial score (nSPS) is 17.2. The third-order valence-corrected chi connectivity index (χ3v) is 5.23. The number of amidine groups is 1. The highest BCUT2D eigenvalue weighted by molar-refractivity contribution is 6.33. The summed E-state index contributed by atoms with van der Waals surface area (Å²) in [5, 5.41) is 9.42. The van der Waals surface area contributed by atoms with E-state index in [2.05, 4.69) is 10.1 Å². The van der Waals surface area contributed by atoms with Crippen molar-refractivity contribution < 1.29 is 19.1 Å². The molecule has 0 bridgehead atoms. The molecule has 1 aromatic heterocycles. The molecule has 1 unspecified atom stereocenters. The van der Waals surface area contributed by atoms with Crippen LogP contribution in [0.15, 0.2) is 35.4 Å². The van der Waals surface area contributed by atoms with Crippen molar-refractivity contribution in [3.8, 4) is 0 Å². The van der Waals surface area contributed by atoms with Crippen molar-refractivity contribution in [3.63, 3.8) is 0 Å². The smallest absolute Gasteiger partial charge is 0.430 e. The molecule has 36 heavy (non-hydrogen) atoms. The molecule has 1 aliphatic rings. The summed E-state index contributed by atoms with van der Waals surface area (Å²) in [6, 6.07) is 8.49. The Kier molecular flexibility index (Phi) is 7.71. The van der Waals surface area contributed by atoms with E-state index in [-0.39, 0.29) is 12.4 Å². The van der Waals surface area contributed by atoms with Gasteiger partial charge in [-0.2, -0.15) is 5.10 Å². The first-order valence-corrected chi connectivity index (χ1v) is 11.9. The summed E-state index contributed by atoms with van der Waals surface area (Å²) in [4.78, 5) is 30.9. The maximum atomic E-state index is 13.2. The van der Waals surface area contributed by atoms with Crippen molar-refractivity contribution in [1.82, 2.24) is 15.0 Å². The van der Waals surface area contributed by atoms with Crippen LogP contribution in [0.3, 0.4) is 0 Å². The minimum Gasteiger partial charge on any atom is -0.442 e. The van der Waals surface area contributed by atoms with Gasteiger partial charge in [-0.05, 0) is 72.6 Å². The molecule has 0 spiro atoms. The van der Waals surface area contributed by atoms with E-state index in [4.69, 9.17) is 23.1 Å². The van der Waals surface area contributed by atoms with Gasteiger partial charge in [0.15, 0.2) is 0 Å². The molecule has 192 valence electrons. The summed E-state index contributed by atoms with van der Waals surface area (Å²) < 4.78 is 11.1. The molecule has 1 fully saturated rings. The quantitative estimate of drug-likeness (QED) is 0.302. The van der Waals surface area contributed by atoms with E-state index < -0.39 is 29.4 Å². The number of hydrogen-bond donors (Lipinski definition) is 1. The van der Waals surface area contributed by atoms with Crippen LogP contribution in [-0.4, -0.2) is 71.7 Å². The predicted molar refractivity (Wildman–Crippen MR) is 141 cm³/mol. The second-order valence-electron chi connectivity index (χ2n) is 10.8. The van der Waals surface area contributed by atoms with Crippen LogP contribution >= 0.6 is 0 Å². The number of fused-ring (bicyclic) bond motifs is 1. The van der Waals surface area contributed by atoms with Crippen LogP contribution in [0.2, 0.25) is 0 Å². The van der Waals surface area contributed by atoms with Gasteiger partial charge in [-0.1, -0.05) is 17.6 Å². The summed E-state index contributed by atoms with van der Waals surface area (Å²) in [6.07, 6.45) is -0.286. The SMILES string of the molecule is [B]c1ccc2ccc(N(C)/N=C(\N)C3CCCN(C(=O)OC(C)(C)C)N3C(=O)OC(C)(C)C)nc2c1. The molecule has 1 aliphatic heterocycles. The second kappa shape index (κ2) is 10.2. The Hall–Kier alpha value is -3.50. The highest BCUT2D eigenvalue weighted by atomic mass is 16.6. The van der Waals surface area contributed by atoms with Gasteiger partial charge in [-0.15, -0.1) is 0 Å². The topological polar surface area (TPSA) is 114 Å². The molecule has 1 aromatic carbocycles. The summed E-state index contributed by atoms with van der Waals surface area (Å²) in [5.74, 6) is 0.672. The number of anilines is 1. The van der Waals surface area contributed by atoms with E-state index in [1.165, 1.54) is 15.0 Å². The molecule has 2 N–H and O–H groups in total. The predicted octanol–water partition coefficient (Wildman–Crippen LogP) is 3.29. The number of rotatable bonds is 3. The lowest BCUT2D eigenvalue weighted by Crippen LogP contribution is -2.62. The largest absolute Gasteiger partial charge is 0.442 e. The lowest BCUT2D eigenvalue weighted by molar-refractivity contribution is -0.0832. The van der Waals surface area contributed by atoms with Crippen LogP contribution < -0.4 is 16.2 Å². The fourth-order valence-corrected chi connectivity index (χ4v) is 3.73. The van der Waals surface area contributed by atoms with Gasteiger partial charge in [-0.3, -0.25) is 0 Å². The van der Waals surface area contributed by atoms with Crippen molar-refractivity contribution in [2.75, 3.05) is 18.6 Å². The van der Waals surface area contributed by atoms with Gasteiger partial charge >= 0.3 is 12.2 Å². The van der Waals surface area contributed by atoms with Crippen molar-refractivity contribution in [1.29, 1.82) is 0 Å². The molecule has 1 atom stereocenters. The molecule has 3 rings (SSSR count). The van der Waals surface area contributed by atoms with E-state index in [1.807, 2.05) is 24.3 Å². The molecule has 10 nitrogen and oxygen atoms in total. The number of nitrogens with zero attached hydrogens (tertiary/aromatic N) is 5. The Balaban J connectivity index is 1.93. The molecule has 11 heteroatoms. The molecule has 0 saturated carbocycles. The van der Waals surface area contributed by atoms with Crippen molar-refractivity contribution >= 4 is 48.1 Å². The summed E-state index contributed by atoms with van der Waals surface area (Å²) >= 11 is 0. The maximum Gasteiger partial charge on any atom is 0.430 e. The summed E-state index contributed by atoms with van der Waals surface area (Å²) in [6.45, 7) is 10.8. The molecule has 2 radical (unpaired) electrons. The number of hydrazone groups is 1. The first-order valence-electron chi connectivity index (χ1n) is 11.9. The standard InChI is InChI=1S/C25H35BN6O4/c1-24(2,3)35-22(33)31-14-8-9-19(32(31)23(34)36-25(4,5)6)21(27)29-30(7)20-13-11-16-10-12-17(26)15-18(16)28-20/h10-13,15,19H,8-9,14H2,1-7H3,(H2,27,29). The van der Waals surface area contributed by atoms with E-state index in [0.717, 1.165) is 10.9 Å². The van der Waals surface area contributed by atoms with E-state index in [0.29, 0.717) is 24.1 Å². The summed E-state index contributed by atoms with van der Waals surface area (Å²) in [7, 11) is 7.61. The zero-order chi connectivity index (χ0) is 26.8. The van der Waals surface area contributed by atoms with Gasteiger partial charge in [-0.25, -0.2) is 29.6 Å². The first-order chi connectivity index (χ1) is 16.6. The summed E-state index contributed by atoms with van der Waals surface area (Å²) in [5.41, 5.74) is 6.24. The molecule has 1 saturated heterocycles. The number of amides is 2. The van der Waals surface area contributed by atoms with E-state index in [1.54, 1.807) is 54.7 Å². The van der Waals surface area contributed by atoms with Gasteiger partial charge in [0.05, 0.1) is 5.52 Å². The minimum atomic E-state index is -0.780. The molecule has 2 aromatic rings. The van der Waals surface area contributed by atoms with E-state index in [9.17, 15) is 9.59 Å². The number of nitrogens with two attached hydrogens (primary N) is 1. The van der Waals surface area contributed by atoms with Crippen molar-refractivity contribution in [3.05, 3.63) is 30.3 Å². The number of hydrazine groups is 1. The van der Waals surface area contributed by atoms with E-state index >= 15 is 0 Å². The molecule has 2 heterocycles. The zero-order valence-corrected chi connectivity index (χ0v) is 22.1. The van der Waals surface area contributed by atoms with Gasteiger partial charge in [0, 0.05) is 19.0 Å². The highest BCUT2D eigenvalue weighted by Crippen LogP contribution is 2.25. The monoisotopic (exact) mass is 494 g/mol. The van der Waals surface area contributed by atoms with Gasteiger partial charge in [0.1, 0.15) is 36.7 Å². The van der Waals surface area contributed by atoms with Crippen LogP contribution in [0.1, 0.15) is 54.4 Å². The number of hydrogen-bond acceptors (Lipinski definition) is 7. The van der Waals surface area contributed by atoms with Crippen LogP contribution in [0, 0.1) is 0 Å². The lowest BCUT2D eigenvalue weighted by Gasteiger charge is -2.43. The number of benzene rings is 1. The third-order valence-electron chi connectivity index (χ3n) is 5.23. The third kappa shape index (κ3) is 6.80. The van der Waals surface area contributed by atoms with Crippen LogP contribution in [0.25, 0.3) is 10.9 Å². The van der Waals surface area contributed by atoms with Crippen LogP contribution in [-0.2, 0) is 9.47 Å². The maximum absolute atomic E-state index is 13.2. The number of pyridine rings is 1. The molecule has 2 amide bonds. The Morgan fingerprint density at radius 2 is 1.69 bits per heavy atom. The number of carbonyl (C=O) groups excluding carboxylic acids is 2. The van der Waals surface area contributed by atoms with Crippen LogP contribution in [0.5, 0.6) is 0 Å². The Morgan fingerprint density at radius 3 is 2.33 bits per heavy atom. The number of aromatic nitrogens is 1.